The van der Waals surface area contributed by atoms with Crippen LogP contribution in [0.25, 0.3) is 0 Å². The van der Waals surface area contributed by atoms with Crippen molar-refractivity contribution in [1.29, 1.82) is 0 Å². The summed E-state index contributed by atoms with van der Waals surface area (Å²) < 4.78 is 5.23. The van der Waals surface area contributed by atoms with Crippen molar-refractivity contribution in [2.45, 2.75) is 39.0 Å². The van der Waals surface area contributed by atoms with Gasteiger partial charge in [0.25, 0.3) is 0 Å². The minimum atomic E-state index is 0.286. The number of hydrogen-bond donors (Lipinski definition) is 2. The molecule has 0 radical (unpaired) electrons. The predicted molar refractivity (Wildman–Crippen MR) is 94.2 cm³/mol. The molecule has 2 N–H and O–H groups in total. The molecule has 2 rings (SSSR count). The second kappa shape index (κ2) is 8.67. The third-order valence-electron chi connectivity index (χ3n) is 3.54. The molecule has 2 aromatic rings. The summed E-state index contributed by atoms with van der Waals surface area (Å²) in [7, 11) is 1.77. The molecule has 126 valence electrons. The summed E-state index contributed by atoms with van der Waals surface area (Å²) in [6.45, 7) is 7.84. The molecule has 0 saturated carbocycles. The highest BCUT2D eigenvalue weighted by Crippen LogP contribution is 2.16. The van der Waals surface area contributed by atoms with Crippen molar-refractivity contribution in [1.82, 2.24) is 20.8 Å². The quantitative estimate of drug-likeness (QED) is 0.601. The van der Waals surface area contributed by atoms with E-state index in [1.807, 2.05) is 13.8 Å². The van der Waals surface area contributed by atoms with Gasteiger partial charge in [0, 0.05) is 32.5 Å². The molecule has 0 saturated heterocycles. The van der Waals surface area contributed by atoms with Gasteiger partial charge in [-0.25, -0.2) is 0 Å². The van der Waals surface area contributed by atoms with Crippen LogP contribution in [-0.4, -0.2) is 36.2 Å². The van der Waals surface area contributed by atoms with E-state index in [0.717, 1.165) is 18.3 Å². The van der Waals surface area contributed by atoms with Crippen LogP contribution in [0.4, 0.5) is 0 Å². The number of rotatable bonds is 7. The average Bonchev–Trinajstić information content (AvgIpc) is 3.21. The van der Waals surface area contributed by atoms with Crippen LogP contribution in [0.15, 0.2) is 26.3 Å². The summed E-state index contributed by atoms with van der Waals surface area (Å²) in [5.41, 5.74) is 1.35. The third kappa shape index (κ3) is 5.35. The third-order valence-corrected chi connectivity index (χ3v) is 4.24. The van der Waals surface area contributed by atoms with Crippen molar-refractivity contribution in [3.63, 3.8) is 0 Å². The van der Waals surface area contributed by atoms with E-state index in [1.165, 1.54) is 5.56 Å². The van der Waals surface area contributed by atoms with Crippen molar-refractivity contribution in [2.24, 2.45) is 4.99 Å². The Morgan fingerprint density at radius 2 is 2.17 bits per heavy atom. The second-order valence-electron chi connectivity index (χ2n) is 5.79. The van der Waals surface area contributed by atoms with E-state index in [9.17, 15) is 0 Å². The van der Waals surface area contributed by atoms with E-state index in [4.69, 9.17) is 4.52 Å². The van der Waals surface area contributed by atoms with E-state index in [-0.39, 0.29) is 5.92 Å². The number of hydrogen-bond acceptors (Lipinski definition) is 5. The zero-order valence-corrected chi connectivity index (χ0v) is 15.0. The first kappa shape index (κ1) is 17.5. The van der Waals surface area contributed by atoms with Crippen LogP contribution in [0, 0.1) is 0 Å². The first-order chi connectivity index (χ1) is 11.1. The number of aliphatic imine (C=N–C) groups is 1. The minimum Gasteiger partial charge on any atom is -0.356 e. The van der Waals surface area contributed by atoms with Gasteiger partial charge in [-0.05, 0) is 28.3 Å². The van der Waals surface area contributed by atoms with Crippen molar-refractivity contribution in [2.75, 3.05) is 20.1 Å². The van der Waals surface area contributed by atoms with Gasteiger partial charge in [-0.15, -0.1) is 0 Å². The zero-order valence-electron chi connectivity index (χ0n) is 14.2. The Bertz CT molecular complexity index is 606. The monoisotopic (exact) mass is 335 g/mol. The summed E-state index contributed by atoms with van der Waals surface area (Å²) in [5.74, 6) is 2.93. The summed E-state index contributed by atoms with van der Waals surface area (Å²) in [4.78, 5) is 8.60. The van der Waals surface area contributed by atoms with Crippen molar-refractivity contribution < 1.29 is 4.52 Å². The first-order valence-corrected chi connectivity index (χ1v) is 8.83. The van der Waals surface area contributed by atoms with E-state index in [0.29, 0.717) is 24.8 Å². The van der Waals surface area contributed by atoms with Gasteiger partial charge in [0.2, 0.25) is 5.89 Å². The number of nitrogens with zero attached hydrogens (tertiary/aromatic N) is 3. The van der Waals surface area contributed by atoms with E-state index in [1.54, 1.807) is 18.4 Å². The topological polar surface area (TPSA) is 75.3 Å². The van der Waals surface area contributed by atoms with Crippen LogP contribution in [-0.2, 0) is 6.42 Å². The molecule has 1 unspecified atom stereocenters. The van der Waals surface area contributed by atoms with E-state index >= 15 is 0 Å². The zero-order chi connectivity index (χ0) is 16.7. The molecular formula is C16H25N5OS. The molecule has 1 atom stereocenters. The molecule has 0 amide bonds. The van der Waals surface area contributed by atoms with Crippen molar-refractivity contribution in [3.8, 4) is 0 Å². The Hall–Kier alpha value is -1.89. The SMILES string of the molecule is CN=C(NCCc1nc(C(C)C)no1)NCC(C)c1ccsc1. The number of guanidine groups is 1. The van der Waals surface area contributed by atoms with Crippen LogP contribution in [0.5, 0.6) is 0 Å². The van der Waals surface area contributed by atoms with Gasteiger partial charge >= 0.3 is 0 Å². The molecule has 23 heavy (non-hydrogen) atoms. The smallest absolute Gasteiger partial charge is 0.228 e. The minimum absolute atomic E-state index is 0.286. The fourth-order valence-electron chi connectivity index (χ4n) is 2.04. The molecule has 0 aliphatic carbocycles. The summed E-state index contributed by atoms with van der Waals surface area (Å²) in [6, 6.07) is 2.16. The average molecular weight is 335 g/mol. The number of aromatic nitrogens is 2. The standard InChI is InChI=1S/C16H25N5OS/c1-11(2)15-20-14(22-21-15)5-7-18-16(17-4)19-9-12(3)13-6-8-23-10-13/h6,8,10-12H,5,7,9H2,1-4H3,(H2,17,18,19). The predicted octanol–water partition coefficient (Wildman–Crippen LogP) is 2.77. The molecule has 0 aliphatic rings. The van der Waals surface area contributed by atoms with Gasteiger partial charge in [0.15, 0.2) is 11.8 Å². The lowest BCUT2D eigenvalue weighted by Crippen LogP contribution is -2.39. The molecule has 2 aromatic heterocycles. The van der Waals surface area contributed by atoms with E-state index < -0.39 is 0 Å². The molecule has 0 spiro atoms. The van der Waals surface area contributed by atoms with Gasteiger partial charge in [0.05, 0.1) is 0 Å². The van der Waals surface area contributed by atoms with Crippen LogP contribution in [0.3, 0.4) is 0 Å². The van der Waals surface area contributed by atoms with Gasteiger partial charge < -0.3 is 15.2 Å². The Kier molecular flexibility index (Phi) is 6.58. The highest BCUT2D eigenvalue weighted by molar-refractivity contribution is 7.07. The fourth-order valence-corrected chi connectivity index (χ4v) is 2.82. The Labute approximate surface area is 141 Å². The number of thiophene rings is 1. The normalized spacial score (nSPS) is 13.3. The maximum absolute atomic E-state index is 5.23. The van der Waals surface area contributed by atoms with Gasteiger partial charge in [-0.2, -0.15) is 16.3 Å². The van der Waals surface area contributed by atoms with Gasteiger partial charge in [-0.1, -0.05) is 25.9 Å². The van der Waals surface area contributed by atoms with Crippen LogP contribution in [0.1, 0.15) is 49.9 Å². The maximum Gasteiger partial charge on any atom is 0.228 e. The van der Waals surface area contributed by atoms with Crippen LogP contribution in [0.2, 0.25) is 0 Å². The lowest BCUT2D eigenvalue weighted by molar-refractivity contribution is 0.371. The molecule has 2 heterocycles. The summed E-state index contributed by atoms with van der Waals surface area (Å²) in [5, 5.41) is 14.9. The van der Waals surface area contributed by atoms with Crippen molar-refractivity contribution >= 4 is 17.3 Å². The van der Waals surface area contributed by atoms with Gasteiger partial charge in [0.1, 0.15) is 0 Å². The van der Waals surface area contributed by atoms with Crippen LogP contribution >= 0.6 is 11.3 Å². The summed E-state index contributed by atoms with van der Waals surface area (Å²) in [6.07, 6.45) is 0.681. The number of nitrogens with one attached hydrogen (secondary N) is 2. The Morgan fingerprint density at radius 3 is 2.78 bits per heavy atom. The maximum atomic E-state index is 5.23. The summed E-state index contributed by atoms with van der Waals surface area (Å²) >= 11 is 1.73. The molecule has 6 nitrogen and oxygen atoms in total. The highest BCUT2D eigenvalue weighted by atomic mass is 32.1. The van der Waals surface area contributed by atoms with Crippen LogP contribution < -0.4 is 10.6 Å². The first-order valence-electron chi connectivity index (χ1n) is 7.89. The largest absolute Gasteiger partial charge is 0.356 e. The highest BCUT2D eigenvalue weighted by Gasteiger charge is 2.10. The molecule has 0 fully saturated rings. The Balaban J connectivity index is 1.72. The second-order valence-corrected chi connectivity index (χ2v) is 6.57. The van der Waals surface area contributed by atoms with Gasteiger partial charge in [-0.3, -0.25) is 4.99 Å². The molecule has 0 aliphatic heterocycles. The lowest BCUT2D eigenvalue weighted by atomic mass is 10.1. The van der Waals surface area contributed by atoms with E-state index in [2.05, 4.69) is 49.5 Å². The molecular weight excluding hydrogens is 310 g/mol. The molecule has 0 bridgehead atoms. The van der Waals surface area contributed by atoms with Crippen molar-refractivity contribution in [3.05, 3.63) is 34.1 Å². The Morgan fingerprint density at radius 1 is 1.35 bits per heavy atom. The lowest BCUT2D eigenvalue weighted by Gasteiger charge is -2.15. The fraction of sp³-hybridized carbons (Fsp3) is 0.562. The molecule has 7 heteroatoms. The molecule has 0 aromatic carbocycles.